The fourth-order valence-corrected chi connectivity index (χ4v) is 4.71. The minimum absolute atomic E-state index is 0.110. The lowest BCUT2D eigenvalue weighted by molar-refractivity contribution is 0.0700. The van der Waals surface area contributed by atoms with E-state index >= 15 is 0 Å². The summed E-state index contributed by atoms with van der Waals surface area (Å²) in [5, 5.41) is 4.45. The maximum atomic E-state index is 14.1. The van der Waals surface area contributed by atoms with Crippen molar-refractivity contribution in [3.8, 4) is 22.0 Å². The fraction of sp³-hybridized carbons (Fsp3) is 0.217. The molecular weight excluding hydrogens is 434 g/mol. The number of piperidine rings is 1. The molecule has 9 heteroatoms. The molecule has 2 aromatic carbocycles. The van der Waals surface area contributed by atoms with Crippen LogP contribution in [0.2, 0.25) is 0 Å². The molecule has 4 aromatic rings. The third-order valence-electron chi connectivity index (χ3n) is 5.40. The number of benzene rings is 2. The molecule has 0 radical (unpaired) electrons. The highest BCUT2D eigenvalue weighted by Gasteiger charge is 2.30. The van der Waals surface area contributed by atoms with E-state index in [0.29, 0.717) is 45.8 Å². The molecule has 1 atom stereocenters. The third-order valence-corrected chi connectivity index (χ3v) is 6.42. The molecule has 0 N–H and O–H groups in total. The summed E-state index contributed by atoms with van der Waals surface area (Å²) in [6.45, 7) is 1.03. The van der Waals surface area contributed by atoms with Gasteiger partial charge in [0.25, 0.3) is 5.91 Å². The minimum Gasteiger partial charge on any atom is -0.339 e. The van der Waals surface area contributed by atoms with Crippen molar-refractivity contribution in [1.29, 1.82) is 0 Å². The number of hydrogen-bond acceptors (Lipinski definition) is 6. The number of thiazole rings is 1. The fourth-order valence-electron chi connectivity index (χ4n) is 3.80. The Bertz CT molecular complexity index is 1270. The highest BCUT2D eigenvalue weighted by molar-refractivity contribution is 7.16. The molecule has 162 valence electrons. The number of amides is 1. The van der Waals surface area contributed by atoms with E-state index in [1.54, 1.807) is 35.2 Å². The first-order valence-electron chi connectivity index (χ1n) is 10.2. The van der Waals surface area contributed by atoms with E-state index in [-0.39, 0.29) is 23.5 Å². The molecule has 2 aromatic heterocycles. The molecule has 1 aliphatic rings. The SMILES string of the molecule is O=C(c1cnc(-c2ccccc2F)s1)N1CCCC(c2nc(-c3cccc(F)c3)no2)C1. The van der Waals surface area contributed by atoms with Gasteiger partial charge in [0, 0.05) is 24.2 Å². The molecule has 1 aliphatic heterocycles. The van der Waals surface area contributed by atoms with Crippen molar-refractivity contribution in [3.63, 3.8) is 0 Å². The molecule has 1 saturated heterocycles. The monoisotopic (exact) mass is 452 g/mol. The second-order valence-corrected chi connectivity index (χ2v) is 8.60. The van der Waals surface area contributed by atoms with E-state index in [9.17, 15) is 13.6 Å². The Labute approximate surface area is 186 Å². The maximum absolute atomic E-state index is 14.1. The molecule has 1 fully saturated rings. The number of halogens is 2. The van der Waals surface area contributed by atoms with Crippen molar-refractivity contribution in [2.24, 2.45) is 0 Å². The number of aromatic nitrogens is 3. The average Bonchev–Trinajstić information content (AvgIpc) is 3.50. The maximum Gasteiger partial charge on any atom is 0.265 e. The van der Waals surface area contributed by atoms with Crippen molar-refractivity contribution < 1.29 is 18.1 Å². The van der Waals surface area contributed by atoms with Gasteiger partial charge < -0.3 is 9.42 Å². The summed E-state index contributed by atoms with van der Waals surface area (Å²) >= 11 is 1.17. The van der Waals surface area contributed by atoms with Crippen LogP contribution in [0.4, 0.5) is 8.78 Å². The van der Waals surface area contributed by atoms with Crippen LogP contribution >= 0.6 is 11.3 Å². The zero-order chi connectivity index (χ0) is 22.1. The highest BCUT2D eigenvalue weighted by Crippen LogP contribution is 2.31. The van der Waals surface area contributed by atoms with Gasteiger partial charge in [0.05, 0.1) is 12.1 Å². The molecule has 6 nitrogen and oxygen atoms in total. The molecule has 32 heavy (non-hydrogen) atoms. The lowest BCUT2D eigenvalue weighted by atomic mass is 9.98. The Balaban J connectivity index is 1.31. The van der Waals surface area contributed by atoms with Crippen LogP contribution in [0.25, 0.3) is 22.0 Å². The van der Waals surface area contributed by atoms with Crippen LogP contribution in [0, 0.1) is 11.6 Å². The quantitative estimate of drug-likeness (QED) is 0.428. The highest BCUT2D eigenvalue weighted by atomic mass is 32.1. The molecule has 5 rings (SSSR count). The van der Waals surface area contributed by atoms with Crippen LogP contribution < -0.4 is 0 Å². The topological polar surface area (TPSA) is 72.1 Å². The standard InChI is InChI=1S/C23H18F2N4O2S/c24-16-7-3-5-14(11-16)20-27-21(31-28-20)15-6-4-10-29(13-15)23(30)19-12-26-22(32-19)17-8-1-2-9-18(17)25/h1-3,5,7-9,11-12,15H,4,6,10,13H2. The normalized spacial score (nSPS) is 16.3. The van der Waals surface area contributed by atoms with Gasteiger partial charge >= 0.3 is 0 Å². The van der Waals surface area contributed by atoms with E-state index in [2.05, 4.69) is 15.1 Å². The summed E-state index contributed by atoms with van der Waals surface area (Å²) in [6.07, 6.45) is 3.08. The average molecular weight is 452 g/mol. The van der Waals surface area contributed by atoms with E-state index < -0.39 is 0 Å². The van der Waals surface area contributed by atoms with Gasteiger partial charge in [0.1, 0.15) is 21.5 Å². The summed E-state index contributed by atoms with van der Waals surface area (Å²) in [5.41, 5.74) is 0.915. The lowest BCUT2D eigenvalue weighted by Crippen LogP contribution is -2.38. The Hall–Kier alpha value is -3.46. The Morgan fingerprint density at radius 3 is 2.88 bits per heavy atom. The van der Waals surface area contributed by atoms with Crippen LogP contribution in [0.15, 0.2) is 59.3 Å². The van der Waals surface area contributed by atoms with Crippen LogP contribution in [-0.4, -0.2) is 39.0 Å². The van der Waals surface area contributed by atoms with E-state index in [1.165, 1.54) is 35.7 Å². The first-order chi connectivity index (χ1) is 15.6. The van der Waals surface area contributed by atoms with Gasteiger partial charge in [-0.25, -0.2) is 13.8 Å². The minimum atomic E-state index is -0.373. The predicted molar refractivity (Wildman–Crippen MR) is 115 cm³/mol. The van der Waals surface area contributed by atoms with Gasteiger partial charge in [-0.15, -0.1) is 11.3 Å². The molecule has 0 bridgehead atoms. The molecule has 3 heterocycles. The zero-order valence-electron chi connectivity index (χ0n) is 16.9. The zero-order valence-corrected chi connectivity index (χ0v) is 17.7. The van der Waals surface area contributed by atoms with Gasteiger partial charge in [-0.05, 0) is 37.1 Å². The second kappa shape index (κ2) is 8.58. The predicted octanol–water partition coefficient (Wildman–Crippen LogP) is 5.16. The van der Waals surface area contributed by atoms with E-state index in [0.717, 1.165) is 12.8 Å². The van der Waals surface area contributed by atoms with Gasteiger partial charge in [-0.1, -0.05) is 29.4 Å². The van der Waals surface area contributed by atoms with Gasteiger partial charge in [0.2, 0.25) is 11.7 Å². The number of hydrogen-bond donors (Lipinski definition) is 0. The van der Waals surface area contributed by atoms with Crippen LogP contribution in [0.3, 0.4) is 0 Å². The Morgan fingerprint density at radius 1 is 1.16 bits per heavy atom. The summed E-state index contributed by atoms with van der Waals surface area (Å²) in [5.74, 6) is -0.258. The number of carbonyl (C=O) groups excluding carboxylic acids is 1. The summed E-state index contributed by atoms with van der Waals surface area (Å²) < 4.78 is 33.0. The van der Waals surface area contributed by atoms with Crippen molar-refractivity contribution in [2.45, 2.75) is 18.8 Å². The van der Waals surface area contributed by atoms with Crippen LogP contribution in [0.5, 0.6) is 0 Å². The number of carbonyl (C=O) groups is 1. The smallest absolute Gasteiger partial charge is 0.265 e. The Kier molecular flexibility index (Phi) is 5.48. The van der Waals surface area contributed by atoms with Gasteiger partial charge in [0.15, 0.2) is 0 Å². The molecule has 0 saturated carbocycles. The number of likely N-dealkylation sites (tertiary alicyclic amines) is 1. The summed E-state index contributed by atoms with van der Waals surface area (Å²) in [4.78, 5) is 23.9. The van der Waals surface area contributed by atoms with Gasteiger partial charge in [-0.2, -0.15) is 4.98 Å². The molecule has 0 aliphatic carbocycles. The number of rotatable bonds is 4. The summed E-state index contributed by atoms with van der Waals surface area (Å²) in [7, 11) is 0. The molecular formula is C23H18F2N4O2S. The number of nitrogens with zero attached hydrogens (tertiary/aromatic N) is 4. The molecule has 1 amide bonds. The summed E-state index contributed by atoms with van der Waals surface area (Å²) in [6, 6.07) is 12.4. The van der Waals surface area contributed by atoms with Crippen molar-refractivity contribution in [2.75, 3.05) is 13.1 Å². The van der Waals surface area contributed by atoms with Crippen LogP contribution in [0.1, 0.15) is 34.3 Å². The first-order valence-corrected chi connectivity index (χ1v) is 11.0. The lowest BCUT2D eigenvalue weighted by Gasteiger charge is -2.30. The largest absolute Gasteiger partial charge is 0.339 e. The molecule has 1 unspecified atom stereocenters. The van der Waals surface area contributed by atoms with E-state index in [1.807, 2.05) is 0 Å². The van der Waals surface area contributed by atoms with Crippen molar-refractivity contribution in [1.82, 2.24) is 20.0 Å². The van der Waals surface area contributed by atoms with E-state index in [4.69, 9.17) is 4.52 Å². The van der Waals surface area contributed by atoms with Crippen molar-refractivity contribution in [3.05, 3.63) is 77.1 Å². The third kappa shape index (κ3) is 4.03. The first kappa shape index (κ1) is 20.4. The second-order valence-electron chi connectivity index (χ2n) is 7.57. The van der Waals surface area contributed by atoms with Gasteiger partial charge in [-0.3, -0.25) is 4.79 Å². The van der Waals surface area contributed by atoms with Crippen molar-refractivity contribution >= 4 is 17.2 Å². The van der Waals surface area contributed by atoms with Crippen LogP contribution in [-0.2, 0) is 0 Å². The molecule has 0 spiro atoms. The Morgan fingerprint density at radius 2 is 2.03 bits per heavy atom.